The number of fused-ring (bicyclic) bond motifs is 1. The Hall–Kier alpha value is -2.88. The molecule has 0 aliphatic carbocycles. The van der Waals surface area contributed by atoms with Gasteiger partial charge in [0.1, 0.15) is 11.6 Å². The maximum atomic E-state index is 12.6. The van der Waals surface area contributed by atoms with Crippen LogP contribution in [0.1, 0.15) is 24.1 Å². The normalized spacial score (nSPS) is 14.7. The zero-order valence-corrected chi connectivity index (χ0v) is 13.1. The van der Waals surface area contributed by atoms with Gasteiger partial charge in [0.2, 0.25) is 0 Å². The van der Waals surface area contributed by atoms with Gasteiger partial charge in [-0.1, -0.05) is 6.07 Å². The quantitative estimate of drug-likeness (QED) is 0.852. The molecule has 0 fully saturated rings. The lowest BCUT2D eigenvalue weighted by Crippen LogP contribution is -2.44. The van der Waals surface area contributed by atoms with Gasteiger partial charge in [-0.3, -0.25) is 4.79 Å². The minimum absolute atomic E-state index is 0.0979. The molecule has 7 nitrogen and oxygen atoms in total. The third kappa shape index (κ3) is 3.01. The molecular formula is C16H17N5O2. The van der Waals surface area contributed by atoms with E-state index < -0.39 is 6.10 Å². The highest BCUT2D eigenvalue weighted by Gasteiger charge is 2.27. The fourth-order valence-electron chi connectivity index (χ4n) is 2.64. The summed E-state index contributed by atoms with van der Waals surface area (Å²) >= 11 is 0. The van der Waals surface area contributed by atoms with Crippen LogP contribution >= 0.6 is 0 Å². The van der Waals surface area contributed by atoms with Crippen molar-refractivity contribution in [1.29, 1.82) is 5.26 Å². The predicted octanol–water partition coefficient (Wildman–Crippen LogP) is 1.27. The summed E-state index contributed by atoms with van der Waals surface area (Å²) < 4.78 is 7.70. The summed E-state index contributed by atoms with van der Waals surface area (Å²) in [6.45, 7) is 5.35. The average molecular weight is 311 g/mol. The van der Waals surface area contributed by atoms with Gasteiger partial charge in [-0.05, 0) is 32.0 Å². The number of aromatic nitrogens is 3. The van der Waals surface area contributed by atoms with Gasteiger partial charge >= 0.3 is 0 Å². The van der Waals surface area contributed by atoms with Gasteiger partial charge in [0.25, 0.3) is 5.91 Å². The largest absolute Gasteiger partial charge is 0.481 e. The number of benzene rings is 1. The van der Waals surface area contributed by atoms with Gasteiger partial charge in [-0.25, -0.2) is 0 Å². The Balaban J connectivity index is 1.67. The molecule has 0 radical (unpaired) electrons. The smallest absolute Gasteiger partial charge is 0.263 e. The van der Waals surface area contributed by atoms with E-state index in [9.17, 15) is 4.79 Å². The van der Waals surface area contributed by atoms with Gasteiger partial charge in [0.15, 0.2) is 11.9 Å². The van der Waals surface area contributed by atoms with Crippen molar-refractivity contribution in [1.82, 2.24) is 19.7 Å². The number of ether oxygens (including phenoxy) is 1. The molecule has 1 atom stereocenters. The summed E-state index contributed by atoms with van der Waals surface area (Å²) in [4.78, 5) is 14.3. The molecule has 2 heterocycles. The molecule has 2 aromatic rings. The van der Waals surface area contributed by atoms with Crippen LogP contribution in [0.15, 0.2) is 24.3 Å². The van der Waals surface area contributed by atoms with E-state index in [1.54, 1.807) is 36.1 Å². The Morgan fingerprint density at radius 2 is 2.22 bits per heavy atom. The molecule has 1 amide bonds. The summed E-state index contributed by atoms with van der Waals surface area (Å²) in [6, 6.07) is 8.84. The Morgan fingerprint density at radius 3 is 3.00 bits per heavy atom. The van der Waals surface area contributed by atoms with Crippen LogP contribution in [0.3, 0.4) is 0 Å². The van der Waals surface area contributed by atoms with Gasteiger partial charge in [0, 0.05) is 13.1 Å². The number of carbonyl (C=O) groups excluding carboxylic acids is 1. The van der Waals surface area contributed by atoms with Gasteiger partial charge in [0.05, 0.1) is 18.2 Å². The van der Waals surface area contributed by atoms with E-state index in [1.165, 1.54) is 0 Å². The predicted molar refractivity (Wildman–Crippen MR) is 81.4 cm³/mol. The Morgan fingerprint density at radius 1 is 1.39 bits per heavy atom. The van der Waals surface area contributed by atoms with E-state index in [0.29, 0.717) is 30.9 Å². The van der Waals surface area contributed by atoms with Gasteiger partial charge in [-0.15, -0.1) is 10.2 Å². The topological polar surface area (TPSA) is 84.0 Å². The van der Waals surface area contributed by atoms with Crippen molar-refractivity contribution >= 4 is 5.91 Å². The van der Waals surface area contributed by atoms with Crippen molar-refractivity contribution in [3.05, 3.63) is 41.5 Å². The second-order valence-electron chi connectivity index (χ2n) is 5.47. The fourth-order valence-corrected chi connectivity index (χ4v) is 2.64. The highest BCUT2D eigenvalue weighted by molar-refractivity contribution is 5.81. The zero-order chi connectivity index (χ0) is 16.4. The van der Waals surface area contributed by atoms with E-state index >= 15 is 0 Å². The van der Waals surface area contributed by atoms with Gasteiger partial charge in [-0.2, -0.15) is 5.26 Å². The fraction of sp³-hybridized carbons (Fsp3) is 0.375. The number of carbonyl (C=O) groups is 1. The van der Waals surface area contributed by atoms with Crippen LogP contribution in [0.4, 0.5) is 0 Å². The maximum Gasteiger partial charge on any atom is 0.263 e. The van der Waals surface area contributed by atoms with Crippen LogP contribution in [-0.4, -0.2) is 38.2 Å². The summed E-state index contributed by atoms with van der Waals surface area (Å²) in [5.41, 5.74) is 0.503. The lowest BCUT2D eigenvalue weighted by atomic mass is 10.2. The van der Waals surface area contributed by atoms with Crippen LogP contribution in [0.2, 0.25) is 0 Å². The van der Waals surface area contributed by atoms with Crippen molar-refractivity contribution in [2.45, 2.75) is 33.0 Å². The zero-order valence-electron chi connectivity index (χ0n) is 13.1. The Labute approximate surface area is 134 Å². The number of aryl methyl sites for hydroxylation is 1. The number of nitrogens with zero attached hydrogens (tertiary/aromatic N) is 5. The summed E-state index contributed by atoms with van der Waals surface area (Å²) in [7, 11) is 0. The lowest BCUT2D eigenvalue weighted by Gasteiger charge is -2.29. The van der Waals surface area contributed by atoms with E-state index in [1.807, 2.05) is 11.5 Å². The van der Waals surface area contributed by atoms with Crippen molar-refractivity contribution < 1.29 is 9.53 Å². The number of hydrogen-bond donors (Lipinski definition) is 0. The first-order valence-electron chi connectivity index (χ1n) is 7.43. The molecule has 1 aromatic heterocycles. The Kier molecular flexibility index (Phi) is 3.98. The third-order valence-electron chi connectivity index (χ3n) is 3.87. The standard InChI is InChI=1S/C16H17N5O2/c1-11(23-14-5-3-4-13(8-14)9-17)16(22)20-6-7-21-12(2)18-19-15(21)10-20/h3-5,8,11H,6-7,10H2,1-2H3/t11-/m0/s1. The van der Waals surface area contributed by atoms with Crippen molar-refractivity contribution in [3.8, 4) is 11.8 Å². The van der Waals surface area contributed by atoms with E-state index in [0.717, 1.165) is 11.6 Å². The number of rotatable bonds is 3. The van der Waals surface area contributed by atoms with Gasteiger partial charge < -0.3 is 14.2 Å². The molecule has 1 aliphatic heterocycles. The summed E-state index contributed by atoms with van der Waals surface area (Å²) in [6.07, 6.45) is -0.625. The molecule has 3 rings (SSSR count). The van der Waals surface area contributed by atoms with Crippen LogP contribution in [-0.2, 0) is 17.9 Å². The van der Waals surface area contributed by atoms with Crippen molar-refractivity contribution in [2.24, 2.45) is 0 Å². The first-order chi connectivity index (χ1) is 11.1. The monoisotopic (exact) mass is 311 g/mol. The second kappa shape index (κ2) is 6.08. The molecule has 0 saturated heterocycles. The molecule has 0 N–H and O–H groups in total. The third-order valence-corrected chi connectivity index (χ3v) is 3.87. The lowest BCUT2D eigenvalue weighted by molar-refractivity contribution is -0.139. The minimum Gasteiger partial charge on any atom is -0.481 e. The highest BCUT2D eigenvalue weighted by Crippen LogP contribution is 2.17. The molecule has 1 aliphatic rings. The molecular weight excluding hydrogens is 294 g/mol. The van der Waals surface area contributed by atoms with Crippen LogP contribution < -0.4 is 4.74 Å². The highest BCUT2D eigenvalue weighted by atomic mass is 16.5. The second-order valence-corrected chi connectivity index (χ2v) is 5.47. The van der Waals surface area contributed by atoms with E-state index in [4.69, 9.17) is 10.00 Å². The molecule has 0 bridgehead atoms. The average Bonchev–Trinajstić information content (AvgIpc) is 2.95. The summed E-state index contributed by atoms with van der Waals surface area (Å²) in [5, 5.41) is 17.0. The molecule has 0 saturated carbocycles. The SMILES string of the molecule is Cc1nnc2n1CCN(C(=O)[C@H](C)Oc1cccc(C#N)c1)C2. The number of amides is 1. The van der Waals surface area contributed by atoms with Crippen LogP contribution in [0, 0.1) is 18.3 Å². The maximum absolute atomic E-state index is 12.6. The molecule has 23 heavy (non-hydrogen) atoms. The molecule has 118 valence electrons. The molecule has 0 spiro atoms. The Bertz CT molecular complexity index is 777. The number of nitriles is 1. The number of hydrogen-bond acceptors (Lipinski definition) is 5. The van der Waals surface area contributed by atoms with Crippen molar-refractivity contribution in [2.75, 3.05) is 6.54 Å². The minimum atomic E-state index is -0.625. The first-order valence-corrected chi connectivity index (χ1v) is 7.43. The van der Waals surface area contributed by atoms with Crippen LogP contribution in [0.5, 0.6) is 5.75 Å². The molecule has 1 aromatic carbocycles. The summed E-state index contributed by atoms with van der Waals surface area (Å²) in [5.74, 6) is 2.07. The molecule has 0 unspecified atom stereocenters. The first kappa shape index (κ1) is 15.0. The van der Waals surface area contributed by atoms with E-state index in [2.05, 4.69) is 16.3 Å². The van der Waals surface area contributed by atoms with Crippen LogP contribution in [0.25, 0.3) is 0 Å². The molecule has 7 heteroatoms. The van der Waals surface area contributed by atoms with E-state index in [-0.39, 0.29) is 5.91 Å². The van der Waals surface area contributed by atoms with Crippen molar-refractivity contribution in [3.63, 3.8) is 0 Å².